The smallest absolute Gasteiger partial charge is 0.262 e. The molecule has 0 aliphatic carbocycles. The number of amides is 1. The number of methoxy groups -OCH3 is 1. The molecular weight excluding hydrogens is 402 g/mol. The molecule has 7 nitrogen and oxygen atoms in total. The van der Waals surface area contributed by atoms with Crippen LogP contribution in [0.4, 0.5) is 5.69 Å². The summed E-state index contributed by atoms with van der Waals surface area (Å²) in [6.07, 6.45) is 0. The maximum Gasteiger partial charge on any atom is 0.262 e. The molecule has 1 amide bonds. The maximum absolute atomic E-state index is 13.5. The lowest BCUT2D eigenvalue weighted by molar-refractivity contribution is 0.0981. The number of carbonyl (C=O) groups is 1. The van der Waals surface area contributed by atoms with E-state index in [0.717, 1.165) is 11.4 Å². The quantitative estimate of drug-likeness (QED) is 0.481. The van der Waals surface area contributed by atoms with E-state index in [-0.39, 0.29) is 12.5 Å². The fraction of sp³-hybridized carbons (Fsp3) is 0.182. The molecule has 0 atom stereocenters. The van der Waals surface area contributed by atoms with Crippen LogP contribution in [0, 0.1) is 13.8 Å². The fourth-order valence-corrected chi connectivity index (χ4v) is 3.41. The molecule has 30 heavy (non-hydrogen) atoms. The molecule has 152 valence electrons. The summed E-state index contributed by atoms with van der Waals surface area (Å²) in [5.41, 5.74) is 2.91. The number of aryl methyl sites for hydroxylation is 2. The van der Waals surface area contributed by atoms with E-state index in [2.05, 4.69) is 15.1 Å². The summed E-state index contributed by atoms with van der Waals surface area (Å²) in [5.74, 6) is 1.25. The molecule has 0 spiro atoms. The van der Waals surface area contributed by atoms with Gasteiger partial charge >= 0.3 is 0 Å². The molecule has 0 fully saturated rings. The van der Waals surface area contributed by atoms with Gasteiger partial charge in [-0.3, -0.25) is 4.79 Å². The lowest BCUT2D eigenvalue weighted by Crippen LogP contribution is -2.31. The molecule has 4 rings (SSSR count). The van der Waals surface area contributed by atoms with E-state index >= 15 is 0 Å². The molecular formula is C22H20ClN5O2. The zero-order chi connectivity index (χ0) is 21.3. The standard InChI is InChI=1S/C22H20ClN5O2/c1-14-12-15(2)28-22(24-14)25-20(26-28)13-27(17-10-8-16(23)9-11-17)21(29)18-6-4-5-7-19(18)30-3/h4-12H,13H2,1-3H3. The van der Waals surface area contributed by atoms with Crippen molar-refractivity contribution in [1.29, 1.82) is 0 Å². The highest BCUT2D eigenvalue weighted by Gasteiger charge is 2.23. The summed E-state index contributed by atoms with van der Waals surface area (Å²) in [4.78, 5) is 24.0. The van der Waals surface area contributed by atoms with Gasteiger partial charge in [-0.25, -0.2) is 9.50 Å². The second-order valence-corrected chi connectivity index (χ2v) is 7.28. The van der Waals surface area contributed by atoms with Crippen LogP contribution in [-0.2, 0) is 6.54 Å². The van der Waals surface area contributed by atoms with Crippen molar-refractivity contribution in [3.05, 3.63) is 82.4 Å². The Hall–Kier alpha value is -3.45. The van der Waals surface area contributed by atoms with Gasteiger partial charge in [-0.1, -0.05) is 23.7 Å². The van der Waals surface area contributed by atoms with Crippen molar-refractivity contribution >= 4 is 29.0 Å². The zero-order valence-electron chi connectivity index (χ0n) is 16.8. The summed E-state index contributed by atoms with van der Waals surface area (Å²) in [7, 11) is 1.54. The summed E-state index contributed by atoms with van der Waals surface area (Å²) in [6.45, 7) is 4.02. The number of anilines is 1. The van der Waals surface area contributed by atoms with Crippen molar-refractivity contribution in [1.82, 2.24) is 19.6 Å². The number of nitrogens with zero attached hydrogens (tertiary/aromatic N) is 5. The molecule has 2 aromatic carbocycles. The predicted molar refractivity (Wildman–Crippen MR) is 115 cm³/mol. The Kier molecular flexibility index (Phi) is 5.37. The van der Waals surface area contributed by atoms with Gasteiger partial charge in [-0.2, -0.15) is 4.98 Å². The van der Waals surface area contributed by atoms with Crippen molar-refractivity contribution in [2.75, 3.05) is 12.0 Å². The predicted octanol–water partition coefficient (Wildman–Crippen LogP) is 4.25. The van der Waals surface area contributed by atoms with Gasteiger partial charge in [-0.15, -0.1) is 5.10 Å². The van der Waals surface area contributed by atoms with E-state index in [1.54, 1.807) is 59.0 Å². The molecule has 0 radical (unpaired) electrons. The molecule has 0 saturated heterocycles. The molecule has 0 saturated carbocycles. The zero-order valence-corrected chi connectivity index (χ0v) is 17.6. The first-order valence-electron chi connectivity index (χ1n) is 9.36. The average Bonchev–Trinajstić information content (AvgIpc) is 3.15. The third-order valence-corrected chi connectivity index (χ3v) is 4.93. The van der Waals surface area contributed by atoms with Crippen LogP contribution in [0.25, 0.3) is 5.78 Å². The number of hydrogen-bond acceptors (Lipinski definition) is 5. The molecule has 0 unspecified atom stereocenters. The minimum absolute atomic E-state index is 0.167. The lowest BCUT2D eigenvalue weighted by Gasteiger charge is -2.22. The average molecular weight is 422 g/mol. The number of rotatable bonds is 5. The van der Waals surface area contributed by atoms with Gasteiger partial charge in [-0.05, 0) is 56.3 Å². The minimum atomic E-state index is -0.227. The lowest BCUT2D eigenvalue weighted by atomic mass is 10.1. The van der Waals surface area contributed by atoms with Gasteiger partial charge in [0.2, 0.25) is 0 Å². The molecule has 0 bridgehead atoms. The van der Waals surface area contributed by atoms with Gasteiger partial charge in [0.1, 0.15) is 5.75 Å². The number of benzene rings is 2. The van der Waals surface area contributed by atoms with Gasteiger partial charge < -0.3 is 9.64 Å². The van der Waals surface area contributed by atoms with Crippen LogP contribution in [0.1, 0.15) is 27.6 Å². The van der Waals surface area contributed by atoms with Gasteiger partial charge in [0, 0.05) is 22.1 Å². The van der Waals surface area contributed by atoms with Crippen molar-refractivity contribution in [3.63, 3.8) is 0 Å². The number of carbonyl (C=O) groups excluding carboxylic acids is 1. The second kappa shape index (κ2) is 8.12. The summed E-state index contributed by atoms with van der Waals surface area (Å²) >= 11 is 6.05. The third-order valence-electron chi connectivity index (χ3n) is 4.68. The number of aromatic nitrogens is 4. The maximum atomic E-state index is 13.5. The molecule has 4 aromatic rings. The molecule has 2 aromatic heterocycles. The van der Waals surface area contributed by atoms with Crippen LogP contribution in [-0.4, -0.2) is 32.6 Å². The van der Waals surface area contributed by atoms with Crippen LogP contribution in [0.2, 0.25) is 5.02 Å². The molecule has 8 heteroatoms. The number of fused-ring (bicyclic) bond motifs is 1. The number of ether oxygens (including phenoxy) is 1. The monoisotopic (exact) mass is 421 g/mol. The SMILES string of the molecule is COc1ccccc1C(=O)N(Cc1nc2nc(C)cc(C)n2n1)c1ccc(Cl)cc1. The van der Waals surface area contributed by atoms with E-state index in [1.165, 1.54) is 0 Å². The number of halogens is 1. The molecule has 2 heterocycles. The normalized spacial score (nSPS) is 10.9. The summed E-state index contributed by atoms with van der Waals surface area (Å²) < 4.78 is 7.06. The topological polar surface area (TPSA) is 72.6 Å². The molecule has 0 aliphatic heterocycles. The Bertz CT molecular complexity index is 1220. The van der Waals surface area contributed by atoms with Crippen LogP contribution in [0.5, 0.6) is 5.75 Å². The first-order valence-corrected chi connectivity index (χ1v) is 9.74. The highest BCUT2D eigenvalue weighted by atomic mass is 35.5. The van der Waals surface area contributed by atoms with E-state index in [0.29, 0.717) is 33.6 Å². The van der Waals surface area contributed by atoms with E-state index in [9.17, 15) is 4.79 Å². The Morgan fingerprint density at radius 2 is 1.83 bits per heavy atom. The summed E-state index contributed by atoms with van der Waals surface area (Å²) in [5, 5.41) is 5.13. The third kappa shape index (κ3) is 3.84. The molecule has 0 N–H and O–H groups in total. The Morgan fingerprint density at radius 1 is 1.10 bits per heavy atom. The van der Waals surface area contributed by atoms with Crippen molar-refractivity contribution in [2.45, 2.75) is 20.4 Å². The van der Waals surface area contributed by atoms with Crippen molar-refractivity contribution in [2.24, 2.45) is 0 Å². The number of para-hydroxylation sites is 1. The summed E-state index contributed by atoms with van der Waals surface area (Å²) in [6, 6.07) is 16.1. The first kappa shape index (κ1) is 19.8. The fourth-order valence-electron chi connectivity index (χ4n) is 3.28. The Morgan fingerprint density at radius 3 is 2.57 bits per heavy atom. The van der Waals surface area contributed by atoms with Crippen LogP contribution >= 0.6 is 11.6 Å². The van der Waals surface area contributed by atoms with Crippen molar-refractivity contribution in [3.8, 4) is 5.75 Å². The van der Waals surface area contributed by atoms with Crippen molar-refractivity contribution < 1.29 is 9.53 Å². The first-order chi connectivity index (χ1) is 14.5. The van der Waals surface area contributed by atoms with Crippen LogP contribution < -0.4 is 9.64 Å². The minimum Gasteiger partial charge on any atom is -0.496 e. The van der Waals surface area contributed by atoms with E-state index in [1.807, 2.05) is 26.0 Å². The second-order valence-electron chi connectivity index (χ2n) is 6.85. The Labute approximate surface area is 178 Å². The highest BCUT2D eigenvalue weighted by molar-refractivity contribution is 6.30. The number of hydrogen-bond donors (Lipinski definition) is 0. The van der Waals surface area contributed by atoms with E-state index in [4.69, 9.17) is 16.3 Å². The Balaban J connectivity index is 1.77. The van der Waals surface area contributed by atoms with Gasteiger partial charge in [0.15, 0.2) is 5.82 Å². The van der Waals surface area contributed by atoms with Crippen LogP contribution in [0.3, 0.4) is 0 Å². The largest absolute Gasteiger partial charge is 0.496 e. The highest BCUT2D eigenvalue weighted by Crippen LogP contribution is 2.26. The van der Waals surface area contributed by atoms with Gasteiger partial charge in [0.05, 0.1) is 19.2 Å². The molecule has 0 aliphatic rings. The van der Waals surface area contributed by atoms with E-state index < -0.39 is 0 Å². The van der Waals surface area contributed by atoms with Crippen LogP contribution in [0.15, 0.2) is 54.6 Å². The van der Waals surface area contributed by atoms with Gasteiger partial charge in [0.25, 0.3) is 11.7 Å².